The van der Waals surface area contributed by atoms with Crippen LogP contribution in [0.15, 0.2) is 30.9 Å². The Morgan fingerprint density at radius 1 is 1.37 bits per heavy atom. The van der Waals surface area contributed by atoms with Crippen LogP contribution < -0.4 is 4.74 Å². The van der Waals surface area contributed by atoms with Gasteiger partial charge in [0.05, 0.1) is 19.0 Å². The van der Waals surface area contributed by atoms with Gasteiger partial charge in [0.1, 0.15) is 12.3 Å². The third-order valence-electron chi connectivity index (χ3n) is 2.45. The van der Waals surface area contributed by atoms with E-state index >= 15 is 0 Å². The molecule has 0 atom stereocenters. The van der Waals surface area contributed by atoms with Crippen LogP contribution in [-0.4, -0.2) is 32.4 Å². The summed E-state index contributed by atoms with van der Waals surface area (Å²) in [5, 5.41) is 12.7. The Balaban J connectivity index is 2.16. The lowest BCUT2D eigenvalue weighted by Crippen LogP contribution is -2.08. The van der Waals surface area contributed by atoms with Crippen molar-refractivity contribution in [1.82, 2.24) is 14.8 Å². The molecule has 0 saturated heterocycles. The van der Waals surface area contributed by atoms with Gasteiger partial charge in [0, 0.05) is 23.5 Å². The van der Waals surface area contributed by atoms with Crippen LogP contribution in [0.3, 0.4) is 0 Å². The number of rotatable bonds is 6. The molecule has 0 saturated carbocycles. The molecular weight excluding hydrogens is 246 g/mol. The van der Waals surface area contributed by atoms with Gasteiger partial charge in [-0.3, -0.25) is 14.5 Å². The van der Waals surface area contributed by atoms with E-state index in [9.17, 15) is 4.79 Å². The number of aromatic nitrogens is 3. The van der Waals surface area contributed by atoms with Crippen molar-refractivity contribution in [2.24, 2.45) is 0 Å². The monoisotopic (exact) mass is 261 g/mol. The van der Waals surface area contributed by atoms with E-state index in [0.717, 1.165) is 17.5 Å². The number of nitrogens with zero attached hydrogens (tertiary/aromatic N) is 3. The first-order valence-electron chi connectivity index (χ1n) is 6.01. The lowest BCUT2D eigenvalue weighted by atomic mass is 10.2. The highest BCUT2D eigenvalue weighted by Crippen LogP contribution is 2.22. The van der Waals surface area contributed by atoms with E-state index in [-0.39, 0.29) is 6.54 Å². The van der Waals surface area contributed by atoms with E-state index in [1.165, 1.54) is 4.68 Å². The second kappa shape index (κ2) is 5.99. The smallest absolute Gasteiger partial charge is 0.325 e. The van der Waals surface area contributed by atoms with Crippen molar-refractivity contribution in [2.45, 2.75) is 19.9 Å². The summed E-state index contributed by atoms with van der Waals surface area (Å²) in [6.07, 6.45) is 7.57. The zero-order valence-electron chi connectivity index (χ0n) is 10.6. The van der Waals surface area contributed by atoms with Crippen LogP contribution in [0.25, 0.3) is 11.1 Å². The molecule has 0 bridgehead atoms. The molecule has 0 aliphatic carbocycles. The summed E-state index contributed by atoms with van der Waals surface area (Å²) < 4.78 is 6.88. The van der Waals surface area contributed by atoms with Gasteiger partial charge in [0.2, 0.25) is 0 Å². The predicted molar refractivity (Wildman–Crippen MR) is 68.9 cm³/mol. The van der Waals surface area contributed by atoms with Gasteiger partial charge < -0.3 is 9.84 Å². The number of carbonyl (C=O) groups is 1. The van der Waals surface area contributed by atoms with Gasteiger partial charge in [-0.2, -0.15) is 5.10 Å². The van der Waals surface area contributed by atoms with Crippen molar-refractivity contribution in [3.05, 3.63) is 30.9 Å². The van der Waals surface area contributed by atoms with E-state index < -0.39 is 5.97 Å². The van der Waals surface area contributed by atoms with E-state index in [1.54, 1.807) is 24.8 Å². The molecule has 2 aromatic rings. The molecule has 6 heteroatoms. The average Bonchev–Trinajstić information content (AvgIpc) is 2.84. The Kier molecular flexibility index (Phi) is 4.12. The van der Waals surface area contributed by atoms with E-state index in [2.05, 4.69) is 10.1 Å². The lowest BCUT2D eigenvalue weighted by molar-refractivity contribution is -0.137. The fraction of sp³-hybridized carbons (Fsp3) is 0.308. The maximum absolute atomic E-state index is 10.6. The second-order valence-electron chi connectivity index (χ2n) is 4.08. The zero-order valence-corrected chi connectivity index (χ0v) is 10.6. The standard InChI is InChI=1S/C13H15N3O3/c1-2-3-19-12-4-10(5-14-7-12)11-6-15-16(8-11)9-13(17)18/h4-8H,2-3,9H2,1H3,(H,17,18). The van der Waals surface area contributed by atoms with Crippen LogP contribution in [0, 0.1) is 0 Å². The minimum atomic E-state index is -0.923. The molecule has 2 heterocycles. The van der Waals surface area contributed by atoms with Crippen LogP contribution in [0.2, 0.25) is 0 Å². The molecule has 100 valence electrons. The van der Waals surface area contributed by atoms with Crippen LogP contribution in [0.4, 0.5) is 0 Å². The first-order chi connectivity index (χ1) is 9.19. The van der Waals surface area contributed by atoms with E-state index in [1.807, 2.05) is 13.0 Å². The summed E-state index contributed by atoms with van der Waals surface area (Å²) in [7, 11) is 0. The molecule has 2 aromatic heterocycles. The predicted octanol–water partition coefficient (Wildman–Crippen LogP) is 1.82. The van der Waals surface area contributed by atoms with Gasteiger partial charge in [-0.05, 0) is 12.5 Å². The normalized spacial score (nSPS) is 10.4. The summed E-state index contributed by atoms with van der Waals surface area (Å²) in [5.41, 5.74) is 1.67. The maximum Gasteiger partial charge on any atom is 0.325 e. The summed E-state index contributed by atoms with van der Waals surface area (Å²) in [6, 6.07) is 1.87. The van der Waals surface area contributed by atoms with Crippen molar-refractivity contribution < 1.29 is 14.6 Å². The molecule has 0 amide bonds. The molecule has 0 unspecified atom stereocenters. The third-order valence-corrected chi connectivity index (χ3v) is 2.45. The Labute approximate surface area is 110 Å². The van der Waals surface area contributed by atoms with Crippen LogP contribution in [-0.2, 0) is 11.3 Å². The van der Waals surface area contributed by atoms with Crippen molar-refractivity contribution >= 4 is 5.97 Å². The molecular formula is C13H15N3O3. The van der Waals surface area contributed by atoms with Crippen LogP contribution >= 0.6 is 0 Å². The van der Waals surface area contributed by atoms with Gasteiger partial charge in [0.15, 0.2) is 0 Å². The molecule has 0 aliphatic rings. The van der Waals surface area contributed by atoms with Gasteiger partial charge in [0.25, 0.3) is 0 Å². The SMILES string of the molecule is CCCOc1cncc(-c2cnn(CC(=O)O)c2)c1. The molecule has 0 fully saturated rings. The van der Waals surface area contributed by atoms with Crippen molar-refractivity contribution in [3.63, 3.8) is 0 Å². The zero-order chi connectivity index (χ0) is 13.7. The number of pyridine rings is 1. The fourth-order valence-electron chi connectivity index (χ4n) is 1.61. The Morgan fingerprint density at radius 3 is 2.95 bits per heavy atom. The van der Waals surface area contributed by atoms with Gasteiger partial charge in [-0.15, -0.1) is 0 Å². The van der Waals surface area contributed by atoms with E-state index in [0.29, 0.717) is 12.4 Å². The summed E-state index contributed by atoms with van der Waals surface area (Å²) in [6.45, 7) is 2.52. The quantitative estimate of drug-likeness (QED) is 0.858. The number of carboxylic acids is 1. The number of aliphatic carboxylic acids is 1. The number of ether oxygens (including phenoxy) is 1. The second-order valence-corrected chi connectivity index (χ2v) is 4.08. The molecule has 0 radical (unpaired) electrons. The fourth-order valence-corrected chi connectivity index (χ4v) is 1.61. The van der Waals surface area contributed by atoms with Gasteiger partial charge >= 0.3 is 5.97 Å². The van der Waals surface area contributed by atoms with Crippen LogP contribution in [0.5, 0.6) is 5.75 Å². The Hall–Kier alpha value is -2.37. The highest BCUT2D eigenvalue weighted by Gasteiger charge is 2.06. The minimum Gasteiger partial charge on any atom is -0.492 e. The summed E-state index contributed by atoms with van der Waals surface area (Å²) in [5.74, 6) is -0.224. The van der Waals surface area contributed by atoms with Gasteiger partial charge in [-0.1, -0.05) is 6.92 Å². The van der Waals surface area contributed by atoms with E-state index in [4.69, 9.17) is 9.84 Å². The average molecular weight is 261 g/mol. The van der Waals surface area contributed by atoms with Crippen LogP contribution in [0.1, 0.15) is 13.3 Å². The van der Waals surface area contributed by atoms with Crippen molar-refractivity contribution in [3.8, 4) is 16.9 Å². The maximum atomic E-state index is 10.6. The molecule has 1 N–H and O–H groups in total. The summed E-state index contributed by atoms with van der Waals surface area (Å²) >= 11 is 0. The number of carboxylic acid groups (broad SMARTS) is 1. The highest BCUT2D eigenvalue weighted by molar-refractivity contribution is 5.67. The molecule has 19 heavy (non-hydrogen) atoms. The third kappa shape index (κ3) is 3.54. The largest absolute Gasteiger partial charge is 0.492 e. The summed E-state index contributed by atoms with van der Waals surface area (Å²) in [4.78, 5) is 14.7. The molecule has 0 spiro atoms. The Morgan fingerprint density at radius 2 is 2.21 bits per heavy atom. The first-order valence-corrected chi connectivity index (χ1v) is 6.01. The highest BCUT2D eigenvalue weighted by atomic mass is 16.5. The van der Waals surface area contributed by atoms with Crippen molar-refractivity contribution in [1.29, 1.82) is 0 Å². The Bertz CT molecular complexity index is 566. The van der Waals surface area contributed by atoms with Gasteiger partial charge in [-0.25, -0.2) is 0 Å². The topological polar surface area (TPSA) is 77.2 Å². The minimum absolute atomic E-state index is 0.153. The molecule has 0 aromatic carbocycles. The molecule has 0 aliphatic heterocycles. The first kappa shape index (κ1) is 13.1. The molecule has 2 rings (SSSR count). The number of hydrogen-bond donors (Lipinski definition) is 1. The van der Waals surface area contributed by atoms with Crippen molar-refractivity contribution in [2.75, 3.05) is 6.61 Å². The lowest BCUT2D eigenvalue weighted by Gasteiger charge is -2.04. The molecule has 6 nitrogen and oxygen atoms in total. The number of hydrogen-bond acceptors (Lipinski definition) is 4.